The maximum absolute atomic E-state index is 12.7. The van der Waals surface area contributed by atoms with Gasteiger partial charge in [0.1, 0.15) is 5.78 Å². The van der Waals surface area contributed by atoms with Crippen molar-refractivity contribution in [3.8, 4) is 0 Å². The summed E-state index contributed by atoms with van der Waals surface area (Å²) in [4.78, 5) is 38.4. The number of nitrogens with one attached hydrogen (secondary N) is 1. The minimum atomic E-state index is -1.50. The van der Waals surface area contributed by atoms with Crippen molar-refractivity contribution in [1.82, 2.24) is 0 Å². The van der Waals surface area contributed by atoms with Gasteiger partial charge in [-0.2, -0.15) is 0 Å². The van der Waals surface area contributed by atoms with Gasteiger partial charge in [-0.05, 0) is 31.9 Å². The van der Waals surface area contributed by atoms with Crippen molar-refractivity contribution >= 4 is 35.1 Å². The molecule has 1 aromatic rings. The first-order chi connectivity index (χ1) is 10.6. The van der Waals surface area contributed by atoms with E-state index in [1.807, 2.05) is 18.2 Å². The van der Waals surface area contributed by atoms with Gasteiger partial charge in [0.15, 0.2) is 0 Å². The van der Waals surface area contributed by atoms with Crippen LogP contribution in [0.15, 0.2) is 29.2 Å². The summed E-state index contributed by atoms with van der Waals surface area (Å²) in [7, 11) is 0. The highest BCUT2D eigenvalue weighted by molar-refractivity contribution is 8.02. The lowest BCUT2D eigenvalue weighted by Crippen LogP contribution is -2.56. The van der Waals surface area contributed by atoms with Crippen LogP contribution in [0.25, 0.3) is 0 Å². The number of hydrogen-bond donors (Lipinski definition) is 1. The lowest BCUT2D eigenvalue weighted by Gasteiger charge is -2.37. The molecule has 0 bridgehead atoms. The highest BCUT2D eigenvalue weighted by Crippen LogP contribution is 2.50. The number of para-hydroxylation sites is 1. The molecule has 1 aromatic carbocycles. The molecule has 1 amide bonds. The number of ketones is 1. The Kier molecular flexibility index (Phi) is 3.95. The van der Waals surface area contributed by atoms with Crippen LogP contribution in [0.2, 0.25) is 0 Å². The van der Waals surface area contributed by atoms with Crippen LogP contribution in [0.5, 0.6) is 0 Å². The number of fused-ring (bicyclic) bond motifs is 1. The van der Waals surface area contributed by atoms with Crippen molar-refractivity contribution < 1.29 is 19.1 Å². The minimum Gasteiger partial charge on any atom is -0.465 e. The van der Waals surface area contributed by atoms with Gasteiger partial charge in [0.25, 0.3) is 5.91 Å². The third-order valence-corrected chi connectivity index (χ3v) is 5.65. The van der Waals surface area contributed by atoms with E-state index in [0.29, 0.717) is 24.9 Å². The summed E-state index contributed by atoms with van der Waals surface area (Å²) in [6.07, 6.45) is 1.67. The van der Waals surface area contributed by atoms with Crippen LogP contribution in [0.3, 0.4) is 0 Å². The molecule has 1 fully saturated rings. The molecule has 3 rings (SSSR count). The quantitative estimate of drug-likeness (QED) is 0.684. The second-order valence-electron chi connectivity index (χ2n) is 5.42. The Hall–Kier alpha value is -1.82. The monoisotopic (exact) mass is 319 g/mol. The van der Waals surface area contributed by atoms with Crippen molar-refractivity contribution in [1.29, 1.82) is 0 Å². The lowest BCUT2D eigenvalue weighted by atomic mass is 9.87. The molecule has 1 heterocycles. The third-order valence-electron chi connectivity index (χ3n) is 4.12. The Morgan fingerprint density at radius 1 is 1.41 bits per heavy atom. The van der Waals surface area contributed by atoms with Crippen LogP contribution in [0.1, 0.15) is 26.2 Å². The van der Waals surface area contributed by atoms with Crippen molar-refractivity contribution in [2.45, 2.75) is 35.8 Å². The largest absolute Gasteiger partial charge is 0.465 e. The van der Waals surface area contributed by atoms with Gasteiger partial charge in [-0.25, -0.2) is 4.79 Å². The van der Waals surface area contributed by atoms with Crippen LogP contribution < -0.4 is 5.32 Å². The van der Waals surface area contributed by atoms with Gasteiger partial charge in [-0.3, -0.25) is 9.59 Å². The number of esters is 1. The maximum Gasteiger partial charge on any atom is 0.333 e. The van der Waals surface area contributed by atoms with Gasteiger partial charge < -0.3 is 10.1 Å². The summed E-state index contributed by atoms with van der Waals surface area (Å²) in [6.45, 7) is 1.87. The van der Waals surface area contributed by atoms with Gasteiger partial charge in [-0.15, -0.1) is 0 Å². The average Bonchev–Trinajstić information content (AvgIpc) is 2.93. The normalized spacial score (nSPS) is 27.2. The minimum absolute atomic E-state index is 0.0323. The Morgan fingerprint density at radius 2 is 2.18 bits per heavy atom. The first-order valence-electron chi connectivity index (χ1n) is 7.39. The zero-order chi connectivity index (χ0) is 15.7. The number of benzene rings is 1. The van der Waals surface area contributed by atoms with Crippen molar-refractivity contribution in [3.63, 3.8) is 0 Å². The molecule has 5 nitrogen and oxygen atoms in total. The molecular weight excluding hydrogens is 302 g/mol. The zero-order valence-corrected chi connectivity index (χ0v) is 13.1. The van der Waals surface area contributed by atoms with E-state index in [0.717, 1.165) is 16.7 Å². The first-order valence-corrected chi connectivity index (χ1v) is 8.20. The molecule has 1 saturated carbocycles. The Morgan fingerprint density at radius 3 is 2.86 bits per heavy atom. The molecule has 0 saturated heterocycles. The molecule has 1 aliphatic carbocycles. The van der Waals surface area contributed by atoms with Gasteiger partial charge >= 0.3 is 5.97 Å². The number of Topliss-reactive ketones (excluding diaryl/α,β-unsaturated/α-hetero) is 1. The Balaban J connectivity index is 2.08. The lowest BCUT2D eigenvalue weighted by molar-refractivity contribution is -0.152. The molecule has 116 valence electrons. The highest BCUT2D eigenvalue weighted by atomic mass is 32.2. The van der Waals surface area contributed by atoms with Crippen LogP contribution in [0.4, 0.5) is 5.69 Å². The van der Waals surface area contributed by atoms with E-state index in [-0.39, 0.29) is 12.4 Å². The molecular formula is C16H17NO4S. The topological polar surface area (TPSA) is 72.5 Å². The second kappa shape index (κ2) is 5.76. The summed E-state index contributed by atoms with van der Waals surface area (Å²) in [5, 5.41) is 2.77. The van der Waals surface area contributed by atoms with Crippen molar-refractivity contribution in [2.75, 3.05) is 11.9 Å². The predicted octanol–water partition coefficient (Wildman–Crippen LogP) is 2.40. The maximum atomic E-state index is 12.7. The van der Waals surface area contributed by atoms with E-state index in [9.17, 15) is 14.4 Å². The Bertz CT molecular complexity index is 645. The molecule has 1 N–H and O–H groups in total. The fraction of sp³-hybridized carbons (Fsp3) is 0.438. The summed E-state index contributed by atoms with van der Waals surface area (Å²) in [6, 6.07) is 7.28. The molecule has 2 atom stereocenters. The van der Waals surface area contributed by atoms with Gasteiger partial charge in [0.05, 0.1) is 18.2 Å². The zero-order valence-electron chi connectivity index (χ0n) is 12.3. The smallest absolute Gasteiger partial charge is 0.333 e. The number of thioether (sulfide) groups is 1. The summed E-state index contributed by atoms with van der Waals surface area (Å²) in [5.41, 5.74) is 0.669. The number of anilines is 1. The number of rotatable bonds is 3. The number of carbonyl (C=O) groups excluding carboxylic acids is 3. The summed E-state index contributed by atoms with van der Waals surface area (Å²) < 4.78 is 3.66. The van der Waals surface area contributed by atoms with Gasteiger partial charge in [0.2, 0.25) is 4.75 Å². The van der Waals surface area contributed by atoms with Crippen LogP contribution in [-0.4, -0.2) is 29.0 Å². The average molecular weight is 319 g/mol. The number of amides is 1. The van der Waals surface area contributed by atoms with Crippen molar-refractivity contribution in [2.24, 2.45) is 5.92 Å². The van der Waals surface area contributed by atoms with Crippen molar-refractivity contribution in [3.05, 3.63) is 24.3 Å². The van der Waals surface area contributed by atoms with E-state index in [4.69, 9.17) is 4.74 Å². The number of ether oxygens (including phenoxy) is 1. The van der Waals surface area contributed by atoms with E-state index < -0.39 is 22.5 Å². The SMILES string of the molecule is CCOC(=O)C1(C2CCCC2=O)Sc2ccccc2NC1=O. The fourth-order valence-corrected chi connectivity index (χ4v) is 4.48. The molecule has 0 aromatic heterocycles. The van der Waals surface area contributed by atoms with E-state index in [1.165, 1.54) is 0 Å². The summed E-state index contributed by atoms with van der Waals surface area (Å²) >= 11 is 1.15. The van der Waals surface area contributed by atoms with Crippen LogP contribution in [-0.2, 0) is 19.1 Å². The molecule has 22 heavy (non-hydrogen) atoms. The predicted molar refractivity (Wildman–Crippen MR) is 82.6 cm³/mol. The highest BCUT2D eigenvalue weighted by Gasteiger charge is 2.59. The summed E-state index contributed by atoms with van der Waals surface area (Å²) in [5.74, 6) is -1.72. The molecule has 0 spiro atoms. The molecule has 2 unspecified atom stereocenters. The van der Waals surface area contributed by atoms with E-state index in [2.05, 4.69) is 5.32 Å². The number of hydrogen-bond acceptors (Lipinski definition) is 5. The molecule has 2 aliphatic rings. The van der Waals surface area contributed by atoms with Crippen LogP contribution >= 0.6 is 11.8 Å². The fourth-order valence-electron chi connectivity index (χ4n) is 3.08. The molecule has 0 radical (unpaired) electrons. The van der Waals surface area contributed by atoms with Gasteiger partial charge in [0, 0.05) is 11.3 Å². The first kappa shape index (κ1) is 15.1. The second-order valence-corrected chi connectivity index (χ2v) is 6.71. The number of carbonyl (C=O) groups is 3. The van der Waals surface area contributed by atoms with Crippen LogP contribution in [0, 0.1) is 5.92 Å². The van der Waals surface area contributed by atoms with Gasteiger partial charge in [-0.1, -0.05) is 23.9 Å². The standard InChI is InChI=1S/C16H17NO4S/c1-2-21-15(20)16(10-6-5-8-12(10)18)14(19)17-11-7-3-4-9-13(11)22-16/h3-4,7,9-10H,2,5-6,8H2,1H3,(H,17,19). The Labute approximate surface area is 132 Å². The molecule has 6 heteroatoms. The van der Waals surface area contributed by atoms with E-state index >= 15 is 0 Å². The third kappa shape index (κ3) is 2.22. The molecule has 1 aliphatic heterocycles. The van der Waals surface area contributed by atoms with E-state index in [1.54, 1.807) is 13.0 Å².